The molecule has 3 atom stereocenters. The fraction of sp³-hybridized carbons (Fsp3) is 0.824. The minimum atomic E-state index is -0.806. The van der Waals surface area contributed by atoms with Gasteiger partial charge in [-0.15, -0.1) is 0 Å². The van der Waals surface area contributed by atoms with Crippen molar-refractivity contribution >= 4 is 11.8 Å². The lowest BCUT2D eigenvalue weighted by atomic mass is 9.80. The van der Waals surface area contributed by atoms with Crippen LogP contribution in [0.5, 0.6) is 0 Å². The summed E-state index contributed by atoms with van der Waals surface area (Å²) in [6.07, 6.45) is 3.28. The second kappa shape index (κ2) is 7.49. The highest BCUT2D eigenvalue weighted by atomic mass is 16.5. The zero-order chi connectivity index (χ0) is 17.9. The number of nitrogens with zero attached hydrogens (tertiary/aromatic N) is 3. The maximum absolute atomic E-state index is 12.7. The number of hydrogen-bond acceptors (Lipinski definition) is 5. The number of rotatable bonds is 5. The summed E-state index contributed by atoms with van der Waals surface area (Å²) in [5, 5.41) is 9.16. The van der Waals surface area contributed by atoms with Crippen molar-refractivity contribution in [2.24, 2.45) is 11.1 Å². The minimum absolute atomic E-state index is 0.0362. The zero-order valence-corrected chi connectivity index (χ0v) is 14.8. The number of amides is 2. The molecule has 0 aromatic rings. The lowest BCUT2D eigenvalue weighted by molar-refractivity contribution is -0.143. The van der Waals surface area contributed by atoms with Gasteiger partial charge in [0.15, 0.2) is 0 Å². The molecular formula is C17H28N4O3. The first-order valence-electron chi connectivity index (χ1n) is 8.59. The van der Waals surface area contributed by atoms with Crippen LogP contribution < -0.4 is 5.73 Å². The maximum Gasteiger partial charge on any atom is 0.241 e. The van der Waals surface area contributed by atoms with Crippen LogP contribution in [0.25, 0.3) is 0 Å². The molecule has 7 heteroatoms. The van der Waals surface area contributed by atoms with E-state index in [0.717, 1.165) is 19.3 Å². The normalized spacial score (nSPS) is 25.6. The number of hydrogen-bond donors (Lipinski definition) is 1. The van der Waals surface area contributed by atoms with Gasteiger partial charge in [0.2, 0.25) is 11.8 Å². The van der Waals surface area contributed by atoms with Crippen LogP contribution in [0.1, 0.15) is 46.0 Å². The quantitative estimate of drug-likeness (QED) is 0.802. The van der Waals surface area contributed by atoms with Crippen LogP contribution in [0.3, 0.4) is 0 Å². The third kappa shape index (κ3) is 3.70. The van der Waals surface area contributed by atoms with E-state index < -0.39 is 17.5 Å². The Bertz CT molecular complexity index is 528. The van der Waals surface area contributed by atoms with Crippen molar-refractivity contribution in [2.45, 2.75) is 64.3 Å². The number of nitrogens with two attached hydrogens (primary N) is 1. The summed E-state index contributed by atoms with van der Waals surface area (Å²) in [6.45, 7) is 4.91. The summed E-state index contributed by atoms with van der Waals surface area (Å²) in [6, 6.07) is 0.955. The highest BCUT2D eigenvalue weighted by Crippen LogP contribution is 2.30. The van der Waals surface area contributed by atoms with Crippen molar-refractivity contribution in [3.05, 3.63) is 0 Å². The van der Waals surface area contributed by atoms with Crippen LogP contribution in [-0.4, -0.2) is 60.1 Å². The van der Waals surface area contributed by atoms with E-state index >= 15 is 0 Å². The lowest BCUT2D eigenvalue weighted by Crippen LogP contribution is -2.54. The topological polar surface area (TPSA) is 99.7 Å². The van der Waals surface area contributed by atoms with Gasteiger partial charge < -0.3 is 20.3 Å². The molecule has 2 aliphatic rings. The molecule has 0 saturated carbocycles. The highest BCUT2D eigenvalue weighted by molar-refractivity contribution is 5.85. The second-order valence-electron chi connectivity index (χ2n) is 7.38. The van der Waals surface area contributed by atoms with E-state index in [2.05, 4.69) is 6.07 Å². The smallest absolute Gasteiger partial charge is 0.241 e. The Hall–Kier alpha value is -1.65. The summed E-state index contributed by atoms with van der Waals surface area (Å²) < 4.78 is 5.34. The Labute approximate surface area is 143 Å². The van der Waals surface area contributed by atoms with Gasteiger partial charge in [-0.2, -0.15) is 5.26 Å². The molecule has 24 heavy (non-hydrogen) atoms. The summed E-state index contributed by atoms with van der Waals surface area (Å²) >= 11 is 0. The lowest BCUT2D eigenvalue weighted by Gasteiger charge is -2.35. The van der Waals surface area contributed by atoms with Crippen LogP contribution in [-0.2, 0) is 14.3 Å². The SMILES string of the molecule is CO[C@@H]1CCCN1C(=O)CC(C)(C)[C@H](N)C(=O)N1CCC[C@H]1C#N. The van der Waals surface area contributed by atoms with Crippen molar-refractivity contribution < 1.29 is 14.3 Å². The van der Waals surface area contributed by atoms with Gasteiger partial charge in [0.1, 0.15) is 12.3 Å². The minimum Gasteiger partial charge on any atom is -0.362 e. The predicted octanol–water partition coefficient (Wildman–Crippen LogP) is 0.839. The van der Waals surface area contributed by atoms with Crippen molar-refractivity contribution in [1.82, 2.24) is 9.80 Å². The first-order valence-corrected chi connectivity index (χ1v) is 8.59. The molecule has 7 nitrogen and oxygen atoms in total. The van der Waals surface area contributed by atoms with Gasteiger partial charge in [-0.05, 0) is 31.1 Å². The van der Waals surface area contributed by atoms with Gasteiger partial charge in [0.25, 0.3) is 0 Å². The Kier molecular flexibility index (Phi) is 5.83. The number of carbonyl (C=O) groups excluding carboxylic acids is 2. The first-order chi connectivity index (χ1) is 11.3. The molecule has 2 fully saturated rings. The fourth-order valence-electron chi connectivity index (χ4n) is 3.55. The molecule has 0 bridgehead atoms. The Morgan fingerprint density at radius 1 is 1.29 bits per heavy atom. The molecular weight excluding hydrogens is 308 g/mol. The van der Waals surface area contributed by atoms with Crippen LogP contribution in [0.4, 0.5) is 0 Å². The zero-order valence-electron chi connectivity index (χ0n) is 14.8. The van der Waals surface area contributed by atoms with E-state index in [1.54, 1.807) is 16.9 Å². The molecule has 0 unspecified atom stereocenters. The molecule has 0 aliphatic carbocycles. The third-order valence-corrected chi connectivity index (χ3v) is 5.19. The Balaban J connectivity index is 2.02. The van der Waals surface area contributed by atoms with Gasteiger partial charge in [0, 0.05) is 26.6 Å². The molecule has 0 aromatic carbocycles. The van der Waals surface area contributed by atoms with E-state index in [0.29, 0.717) is 19.5 Å². The van der Waals surface area contributed by atoms with Gasteiger partial charge in [-0.3, -0.25) is 9.59 Å². The van der Waals surface area contributed by atoms with Gasteiger partial charge in [-0.1, -0.05) is 13.8 Å². The van der Waals surface area contributed by atoms with Crippen LogP contribution in [0.2, 0.25) is 0 Å². The number of likely N-dealkylation sites (tertiary alicyclic amines) is 2. The van der Waals surface area contributed by atoms with Crippen LogP contribution >= 0.6 is 0 Å². The first kappa shape index (κ1) is 18.7. The molecule has 2 N–H and O–H groups in total. The molecule has 2 heterocycles. The van der Waals surface area contributed by atoms with E-state index in [9.17, 15) is 9.59 Å². The standard InChI is InChI=1S/C17H28N4O3/c1-17(2,10-13(22)21-9-5-7-14(21)24-3)15(19)16(23)20-8-4-6-12(20)11-18/h12,14-15H,4-10,19H2,1-3H3/t12-,14+,15+/m0/s1. The summed E-state index contributed by atoms with van der Waals surface area (Å²) in [4.78, 5) is 28.6. The number of nitriles is 1. The average molecular weight is 336 g/mol. The summed E-state index contributed by atoms with van der Waals surface area (Å²) in [5.41, 5.74) is 5.52. The Morgan fingerprint density at radius 2 is 1.92 bits per heavy atom. The molecule has 134 valence electrons. The number of carbonyl (C=O) groups is 2. The van der Waals surface area contributed by atoms with Gasteiger partial charge in [-0.25, -0.2) is 0 Å². The van der Waals surface area contributed by atoms with Crippen molar-refractivity contribution in [1.29, 1.82) is 5.26 Å². The maximum atomic E-state index is 12.7. The molecule has 0 spiro atoms. The van der Waals surface area contributed by atoms with Crippen LogP contribution in [0, 0.1) is 16.7 Å². The predicted molar refractivity (Wildman–Crippen MR) is 88.5 cm³/mol. The van der Waals surface area contributed by atoms with E-state index in [1.807, 2.05) is 13.8 Å². The summed E-state index contributed by atoms with van der Waals surface area (Å²) in [5.74, 6) is -0.271. The second-order valence-corrected chi connectivity index (χ2v) is 7.38. The molecule has 2 rings (SSSR count). The molecule has 0 aromatic heterocycles. The molecule has 0 radical (unpaired) electrons. The van der Waals surface area contributed by atoms with Gasteiger partial charge >= 0.3 is 0 Å². The highest BCUT2D eigenvalue weighted by Gasteiger charge is 2.41. The number of ether oxygens (including phenoxy) is 1. The van der Waals surface area contributed by atoms with Crippen LogP contribution in [0.15, 0.2) is 0 Å². The van der Waals surface area contributed by atoms with E-state index in [4.69, 9.17) is 15.7 Å². The van der Waals surface area contributed by atoms with Crippen molar-refractivity contribution in [2.75, 3.05) is 20.2 Å². The van der Waals surface area contributed by atoms with E-state index in [-0.39, 0.29) is 24.5 Å². The number of methoxy groups -OCH3 is 1. The van der Waals surface area contributed by atoms with Gasteiger partial charge in [0.05, 0.1) is 12.1 Å². The fourth-order valence-corrected chi connectivity index (χ4v) is 3.55. The monoisotopic (exact) mass is 336 g/mol. The largest absolute Gasteiger partial charge is 0.362 e. The van der Waals surface area contributed by atoms with Crippen molar-refractivity contribution in [3.8, 4) is 6.07 Å². The van der Waals surface area contributed by atoms with E-state index in [1.165, 1.54) is 0 Å². The molecule has 2 saturated heterocycles. The molecule has 2 aliphatic heterocycles. The third-order valence-electron chi connectivity index (χ3n) is 5.19. The van der Waals surface area contributed by atoms with Crippen molar-refractivity contribution in [3.63, 3.8) is 0 Å². The summed E-state index contributed by atoms with van der Waals surface area (Å²) in [7, 11) is 1.60. The molecule has 2 amide bonds. The average Bonchev–Trinajstić information content (AvgIpc) is 3.20. The Morgan fingerprint density at radius 3 is 2.54 bits per heavy atom.